The first-order chi connectivity index (χ1) is 9.19. The van der Waals surface area contributed by atoms with Crippen molar-refractivity contribution >= 4 is 11.6 Å². The average molecular weight is 257 g/mol. The lowest BCUT2D eigenvalue weighted by Gasteiger charge is -2.04. The number of hydrogen-bond donors (Lipinski definition) is 1. The molecule has 4 nitrogen and oxygen atoms in total. The van der Waals surface area contributed by atoms with Crippen molar-refractivity contribution in [2.45, 2.75) is 26.3 Å². The van der Waals surface area contributed by atoms with Gasteiger partial charge in [0.15, 0.2) is 5.82 Å². The Morgan fingerprint density at radius 1 is 1.37 bits per heavy atom. The normalized spacial score (nSPS) is 13.5. The number of aromatic nitrogens is 2. The Morgan fingerprint density at radius 2 is 2.11 bits per heavy atom. The second-order valence-electron chi connectivity index (χ2n) is 4.64. The monoisotopic (exact) mass is 257 g/mol. The zero-order chi connectivity index (χ0) is 13.7. The van der Waals surface area contributed by atoms with Gasteiger partial charge in [0.05, 0.1) is 0 Å². The molecule has 0 bridgehead atoms. The Morgan fingerprint density at radius 3 is 2.79 bits per heavy atom. The molecule has 1 unspecified atom stereocenters. The second kappa shape index (κ2) is 6.29. The van der Waals surface area contributed by atoms with Crippen molar-refractivity contribution in [2.24, 2.45) is 0 Å². The van der Waals surface area contributed by atoms with Crippen LogP contribution in [0.2, 0.25) is 0 Å². The zero-order valence-corrected chi connectivity index (χ0v) is 11.6. The summed E-state index contributed by atoms with van der Waals surface area (Å²) in [5.74, 6) is 1.29. The van der Waals surface area contributed by atoms with Crippen molar-refractivity contribution < 1.29 is 4.52 Å². The molecule has 1 aromatic heterocycles. The summed E-state index contributed by atoms with van der Waals surface area (Å²) in [6, 6.07) is 10.5. The van der Waals surface area contributed by atoms with E-state index < -0.39 is 0 Å². The molecule has 19 heavy (non-hydrogen) atoms. The quantitative estimate of drug-likeness (QED) is 0.894. The molecular weight excluding hydrogens is 238 g/mol. The number of likely N-dealkylation sites (N-methyl/N-ethyl adjacent to an activating group) is 1. The first-order valence-electron chi connectivity index (χ1n) is 6.42. The molecule has 1 N–H and O–H groups in total. The molecule has 0 amide bonds. The van der Waals surface area contributed by atoms with Crippen LogP contribution < -0.4 is 5.32 Å². The van der Waals surface area contributed by atoms with Crippen LogP contribution in [0.5, 0.6) is 0 Å². The van der Waals surface area contributed by atoms with Gasteiger partial charge in [-0.1, -0.05) is 35.5 Å². The van der Waals surface area contributed by atoms with Crippen LogP contribution in [0.25, 0.3) is 11.6 Å². The molecule has 0 aliphatic heterocycles. The summed E-state index contributed by atoms with van der Waals surface area (Å²) >= 11 is 0. The lowest BCUT2D eigenvalue weighted by molar-refractivity contribution is 0.400. The van der Waals surface area contributed by atoms with Crippen LogP contribution in [0.3, 0.4) is 0 Å². The molecule has 1 atom stereocenters. The van der Waals surface area contributed by atoms with Crippen LogP contribution in [0.4, 0.5) is 0 Å². The van der Waals surface area contributed by atoms with Crippen molar-refractivity contribution in [1.29, 1.82) is 0 Å². The summed E-state index contributed by atoms with van der Waals surface area (Å²) in [5, 5.41) is 7.13. The van der Waals surface area contributed by atoms with E-state index in [-0.39, 0.29) is 0 Å². The molecule has 4 heteroatoms. The Labute approximate surface area is 113 Å². The maximum absolute atomic E-state index is 5.24. The molecule has 0 saturated carbocycles. The van der Waals surface area contributed by atoms with Gasteiger partial charge in [-0.3, -0.25) is 0 Å². The molecule has 2 rings (SSSR count). The number of nitrogens with one attached hydrogen (secondary N) is 1. The maximum Gasteiger partial charge on any atom is 0.250 e. The lowest BCUT2D eigenvalue weighted by atomic mass is 10.1. The molecule has 0 saturated heterocycles. The minimum Gasteiger partial charge on any atom is -0.335 e. The minimum atomic E-state index is 0.338. The van der Waals surface area contributed by atoms with E-state index >= 15 is 0 Å². The predicted molar refractivity (Wildman–Crippen MR) is 76.5 cm³/mol. The first-order valence-corrected chi connectivity index (χ1v) is 6.42. The molecular formula is C15H19N3O. The predicted octanol–water partition coefficient (Wildman–Crippen LogP) is 2.78. The number of hydrogen-bond acceptors (Lipinski definition) is 4. The Kier molecular flexibility index (Phi) is 4.47. The molecule has 0 aliphatic rings. The lowest BCUT2D eigenvalue weighted by Crippen LogP contribution is -2.24. The van der Waals surface area contributed by atoms with Gasteiger partial charge in [0.1, 0.15) is 0 Å². The van der Waals surface area contributed by atoms with Crippen LogP contribution in [-0.4, -0.2) is 23.2 Å². The van der Waals surface area contributed by atoms with Crippen LogP contribution in [0.15, 0.2) is 34.9 Å². The van der Waals surface area contributed by atoms with Crippen LogP contribution >= 0.6 is 0 Å². The van der Waals surface area contributed by atoms with Gasteiger partial charge < -0.3 is 9.84 Å². The highest BCUT2D eigenvalue weighted by Gasteiger charge is 2.08. The van der Waals surface area contributed by atoms with E-state index in [2.05, 4.69) is 34.5 Å². The third kappa shape index (κ3) is 3.76. The van der Waals surface area contributed by atoms with E-state index in [4.69, 9.17) is 4.52 Å². The summed E-state index contributed by atoms with van der Waals surface area (Å²) in [7, 11) is 1.92. The highest BCUT2D eigenvalue weighted by atomic mass is 16.5. The second-order valence-corrected chi connectivity index (χ2v) is 4.64. The van der Waals surface area contributed by atoms with Crippen molar-refractivity contribution in [3.63, 3.8) is 0 Å². The van der Waals surface area contributed by atoms with Gasteiger partial charge in [-0.25, -0.2) is 0 Å². The number of rotatable bonds is 5. The van der Waals surface area contributed by atoms with Gasteiger partial charge in [-0.15, -0.1) is 0 Å². The smallest absolute Gasteiger partial charge is 0.250 e. The molecule has 100 valence electrons. The summed E-state index contributed by atoms with van der Waals surface area (Å²) in [6.45, 7) is 4.12. The molecule has 1 heterocycles. The summed E-state index contributed by atoms with van der Waals surface area (Å²) in [4.78, 5) is 4.37. The minimum absolute atomic E-state index is 0.338. The van der Waals surface area contributed by atoms with E-state index in [1.807, 2.05) is 38.2 Å². The third-order valence-corrected chi connectivity index (χ3v) is 3.03. The average Bonchev–Trinajstić information content (AvgIpc) is 2.86. The van der Waals surface area contributed by atoms with Crippen LogP contribution in [0, 0.1) is 0 Å². The Hall–Kier alpha value is -1.94. The Bertz CT molecular complexity index is 546. The van der Waals surface area contributed by atoms with Crippen LogP contribution in [-0.2, 0) is 6.42 Å². The SMILES string of the molecule is CNC(C)Cc1noc(/C=C(/C)c2ccccc2)n1. The fraction of sp³-hybridized carbons (Fsp3) is 0.333. The molecule has 0 spiro atoms. The van der Waals surface area contributed by atoms with E-state index in [9.17, 15) is 0 Å². The molecule has 0 fully saturated rings. The molecule has 2 aromatic rings. The molecule has 0 aliphatic carbocycles. The summed E-state index contributed by atoms with van der Waals surface area (Å²) < 4.78 is 5.24. The number of benzene rings is 1. The van der Waals surface area contributed by atoms with Gasteiger partial charge in [0.25, 0.3) is 5.89 Å². The summed E-state index contributed by atoms with van der Waals surface area (Å²) in [6.07, 6.45) is 2.67. The molecule has 0 radical (unpaired) electrons. The van der Waals surface area contributed by atoms with Gasteiger partial charge in [0, 0.05) is 18.5 Å². The zero-order valence-electron chi connectivity index (χ0n) is 11.6. The largest absolute Gasteiger partial charge is 0.335 e. The first kappa shape index (κ1) is 13.5. The highest BCUT2D eigenvalue weighted by Crippen LogP contribution is 2.16. The van der Waals surface area contributed by atoms with Crippen molar-refractivity contribution in [3.8, 4) is 0 Å². The van der Waals surface area contributed by atoms with E-state index in [1.54, 1.807) is 0 Å². The third-order valence-electron chi connectivity index (χ3n) is 3.03. The fourth-order valence-corrected chi connectivity index (χ4v) is 1.75. The van der Waals surface area contributed by atoms with E-state index in [0.29, 0.717) is 11.9 Å². The van der Waals surface area contributed by atoms with Gasteiger partial charge in [-0.05, 0) is 32.0 Å². The maximum atomic E-state index is 5.24. The number of nitrogens with zero attached hydrogens (tertiary/aromatic N) is 2. The van der Waals surface area contributed by atoms with Crippen molar-refractivity contribution in [2.75, 3.05) is 7.05 Å². The van der Waals surface area contributed by atoms with Gasteiger partial charge in [-0.2, -0.15) is 4.98 Å². The standard InChI is InChI=1S/C15H19N3O/c1-11(13-7-5-4-6-8-13)9-15-17-14(18-19-15)10-12(2)16-3/h4-9,12,16H,10H2,1-3H3/b11-9-. The Balaban J connectivity index is 2.11. The fourth-order valence-electron chi connectivity index (χ4n) is 1.75. The van der Waals surface area contributed by atoms with Crippen molar-refractivity contribution in [3.05, 3.63) is 47.6 Å². The van der Waals surface area contributed by atoms with Gasteiger partial charge >= 0.3 is 0 Å². The summed E-state index contributed by atoms with van der Waals surface area (Å²) in [5.41, 5.74) is 2.27. The topological polar surface area (TPSA) is 51.0 Å². The van der Waals surface area contributed by atoms with E-state index in [1.165, 1.54) is 0 Å². The molecule has 1 aromatic carbocycles. The highest BCUT2D eigenvalue weighted by molar-refractivity contribution is 5.77. The van der Waals surface area contributed by atoms with E-state index in [0.717, 1.165) is 23.4 Å². The van der Waals surface area contributed by atoms with Crippen LogP contribution in [0.1, 0.15) is 31.1 Å². The van der Waals surface area contributed by atoms with Crippen molar-refractivity contribution in [1.82, 2.24) is 15.5 Å². The van der Waals surface area contributed by atoms with Gasteiger partial charge in [0.2, 0.25) is 0 Å². The number of allylic oxidation sites excluding steroid dienone is 1.